The van der Waals surface area contributed by atoms with E-state index in [-0.39, 0.29) is 6.10 Å². The van der Waals surface area contributed by atoms with Crippen LogP contribution < -0.4 is 11.1 Å². The average Bonchev–Trinajstić information content (AvgIpc) is 3.19. The fourth-order valence-corrected chi connectivity index (χ4v) is 2.59. The molecular formula is C14H15N5O3. The van der Waals surface area contributed by atoms with Gasteiger partial charge in [-0.1, -0.05) is 23.3 Å². The van der Waals surface area contributed by atoms with E-state index >= 15 is 0 Å². The molecule has 1 aliphatic heterocycles. The van der Waals surface area contributed by atoms with Crippen molar-refractivity contribution in [1.82, 2.24) is 16.2 Å². The maximum atomic E-state index is 12.4. The molecule has 114 valence electrons. The van der Waals surface area contributed by atoms with Gasteiger partial charge < -0.3 is 4.74 Å². The van der Waals surface area contributed by atoms with Crippen molar-refractivity contribution < 1.29 is 14.3 Å². The van der Waals surface area contributed by atoms with Crippen molar-refractivity contribution in [3.05, 3.63) is 35.4 Å². The predicted octanol–water partition coefficient (Wildman–Crippen LogP) is 1.02. The number of benzene rings is 1. The Hall–Kier alpha value is -2.70. The molecule has 2 aliphatic rings. The van der Waals surface area contributed by atoms with E-state index in [9.17, 15) is 9.59 Å². The molecule has 1 heterocycles. The second kappa shape index (κ2) is 6.38. The minimum absolute atomic E-state index is 0.0218. The summed E-state index contributed by atoms with van der Waals surface area (Å²) in [6, 6.07) is 6.89. The molecule has 1 aromatic rings. The lowest BCUT2D eigenvalue weighted by molar-refractivity contribution is 0.0317. The first-order chi connectivity index (χ1) is 10.8. The molecule has 1 aromatic carbocycles. The highest BCUT2D eigenvalue weighted by atomic mass is 16.5. The molecule has 22 heavy (non-hydrogen) atoms. The molecule has 0 atom stereocenters. The molecule has 0 radical (unpaired) electrons. The highest BCUT2D eigenvalue weighted by molar-refractivity contribution is 6.07. The molecule has 0 saturated heterocycles. The molecule has 0 bridgehead atoms. The quantitative estimate of drug-likeness (QED) is 0.490. The van der Waals surface area contributed by atoms with E-state index in [0.717, 1.165) is 30.8 Å². The SMILES string of the molecule is O=C=NN1NNN=C1c1ccccc1C(=O)OC1CCCC1. The molecular weight excluding hydrogens is 286 g/mol. The van der Waals surface area contributed by atoms with Crippen molar-refractivity contribution in [2.24, 2.45) is 10.2 Å². The van der Waals surface area contributed by atoms with Crippen LogP contribution in [0.5, 0.6) is 0 Å². The number of rotatable bonds is 4. The van der Waals surface area contributed by atoms with Crippen LogP contribution in [0.3, 0.4) is 0 Å². The summed E-state index contributed by atoms with van der Waals surface area (Å²) in [5.74, 6) is -0.102. The Balaban J connectivity index is 1.86. The molecule has 1 saturated carbocycles. The summed E-state index contributed by atoms with van der Waals surface area (Å²) in [4.78, 5) is 22.8. The molecule has 2 N–H and O–H groups in total. The van der Waals surface area contributed by atoms with Crippen molar-refractivity contribution in [3.63, 3.8) is 0 Å². The number of hydrazone groups is 2. The topological polar surface area (TPSA) is 95.4 Å². The van der Waals surface area contributed by atoms with Crippen molar-refractivity contribution >= 4 is 17.9 Å². The van der Waals surface area contributed by atoms with Crippen LogP contribution in [0.15, 0.2) is 34.5 Å². The van der Waals surface area contributed by atoms with Gasteiger partial charge in [-0.05, 0) is 31.7 Å². The second-order valence-electron chi connectivity index (χ2n) is 5.02. The van der Waals surface area contributed by atoms with Crippen LogP contribution in [0.4, 0.5) is 0 Å². The number of nitrogens with one attached hydrogen (secondary N) is 2. The van der Waals surface area contributed by atoms with Crippen LogP contribution in [0.2, 0.25) is 0 Å². The smallest absolute Gasteiger partial charge is 0.339 e. The largest absolute Gasteiger partial charge is 0.459 e. The molecule has 3 rings (SSSR count). The lowest BCUT2D eigenvalue weighted by Crippen LogP contribution is -2.37. The maximum absolute atomic E-state index is 12.4. The van der Waals surface area contributed by atoms with Gasteiger partial charge in [0.15, 0.2) is 5.84 Å². The lowest BCUT2D eigenvalue weighted by Gasteiger charge is -2.15. The highest BCUT2D eigenvalue weighted by Crippen LogP contribution is 2.23. The van der Waals surface area contributed by atoms with Gasteiger partial charge in [0.25, 0.3) is 6.08 Å². The fraction of sp³-hybridized carbons (Fsp3) is 0.357. The zero-order valence-electron chi connectivity index (χ0n) is 11.8. The number of ether oxygens (including phenoxy) is 1. The van der Waals surface area contributed by atoms with Crippen molar-refractivity contribution in [2.75, 3.05) is 0 Å². The summed E-state index contributed by atoms with van der Waals surface area (Å²) in [5, 5.41) is 8.54. The predicted molar refractivity (Wildman–Crippen MR) is 76.9 cm³/mol. The molecule has 1 fully saturated rings. The first kappa shape index (κ1) is 14.2. The third-order valence-corrected chi connectivity index (χ3v) is 3.62. The van der Waals surface area contributed by atoms with E-state index < -0.39 is 5.97 Å². The minimum atomic E-state index is -0.396. The molecule has 0 amide bonds. The fourth-order valence-electron chi connectivity index (χ4n) is 2.59. The van der Waals surface area contributed by atoms with Gasteiger partial charge in [-0.3, -0.25) is 0 Å². The Labute approximate surface area is 126 Å². The van der Waals surface area contributed by atoms with Crippen LogP contribution in [-0.2, 0) is 9.53 Å². The van der Waals surface area contributed by atoms with Crippen LogP contribution >= 0.6 is 0 Å². The number of hydrogen-bond donors (Lipinski definition) is 2. The van der Waals surface area contributed by atoms with E-state index in [2.05, 4.69) is 21.3 Å². The van der Waals surface area contributed by atoms with Gasteiger partial charge in [0.2, 0.25) is 0 Å². The third-order valence-electron chi connectivity index (χ3n) is 3.62. The van der Waals surface area contributed by atoms with Crippen LogP contribution in [0.25, 0.3) is 0 Å². The number of esters is 1. The summed E-state index contributed by atoms with van der Waals surface area (Å²) in [6.45, 7) is 0. The van der Waals surface area contributed by atoms with Gasteiger partial charge in [-0.25, -0.2) is 15.1 Å². The number of hydrazine groups is 2. The summed E-state index contributed by atoms with van der Waals surface area (Å²) in [5.41, 5.74) is 5.92. The molecule has 1 aliphatic carbocycles. The normalized spacial score (nSPS) is 17.6. The number of carbonyl (C=O) groups is 1. The van der Waals surface area contributed by atoms with Crippen molar-refractivity contribution in [2.45, 2.75) is 31.8 Å². The lowest BCUT2D eigenvalue weighted by atomic mass is 10.1. The zero-order chi connectivity index (χ0) is 15.4. The van der Waals surface area contributed by atoms with Gasteiger partial charge in [-0.15, -0.1) is 15.8 Å². The van der Waals surface area contributed by atoms with Gasteiger partial charge in [0, 0.05) is 5.56 Å². The van der Waals surface area contributed by atoms with Crippen molar-refractivity contribution in [3.8, 4) is 0 Å². The Bertz CT molecular complexity index is 648. The van der Waals surface area contributed by atoms with Gasteiger partial charge in [0.05, 0.1) is 5.56 Å². The monoisotopic (exact) mass is 301 g/mol. The summed E-state index contributed by atoms with van der Waals surface area (Å²) < 4.78 is 5.53. The number of hydrogen-bond acceptors (Lipinski definition) is 8. The average molecular weight is 301 g/mol. The molecule has 0 spiro atoms. The van der Waals surface area contributed by atoms with Gasteiger partial charge >= 0.3 is 5.97 Å². The van der Waals surface area contributed by atoms with Gasteiger partial charge in [0.1, 0.15) is 6.10 Å². The van der Waals surface area contributed by atoms with E-state index in [4.69, 9.17) is 4.74 Å². The van der Waals surface area contributed by atoms with Crippen LogP contribution in [0, 0.1) is 0 Å². The number of carbonyl (C=O) groups excluding carboxylic acids is 2. The Morgan fingerprint density at radius 2 is 2.14 bits per heavy atom. The van der Waals surface area contributed by atoms with Crippen LogP contribution in [0.1, 0.15) is 41.6 Å². The summed E-state index contributed by atoms with van der Waals surface area (Å²) in [7, 11) is 0. The summed E-state index contributed by atoms with van der Waals surface area (Å²) in [6.07, 6.45) is 5.37. The number of nitrogens with zero attached hydrogens (tertiary/aromatic N) is 3. The minimum Gasteiger partial charge on any atom is -0.459 e. The molecule has 0 aromatic heterocycles. The van der Waals surface area contributed by atoms with E-state index in [1.807, 2.05) is 0 Å². The molecule has 0 unspecified atom stereocenters. The van der Waals surface area contributed by atoms with E-state index in [1.54, 1.807) is 24.3 Å². The second-order valence-corrected chi connectivity index (χ2v) is 5.02. The van der Waals surface area contributed by atoms with E-state index in [1.165, 1.54) is 6.08 Å². The maximum Gasteiger partial charge on any atom is 0.339 e. The number of amidine groups is 1. The van der Waals surface area contributed by atoms with Gasteiger partial charge in [-0.2, -0.15) is 0 Å². The molecule has 8 nitrogen and oxygen atoms in total. The highest BCUT2D eigenvalue weighted by Gasteiger charge is 2.26. The third kappa shape index (κ3) is 2.83. The molecule has 8 heteroatoms. The first-order valence-electron chi connectivity index (χ1n) is 7.06. The number of isocyanates is 1. The standard InChI is InChI=1S/C14H15N5O3/c20-9-15-19-13(16-17-18-19)11-7-3-4-8-12(11)14(21)22-10-5-1-2-6-10/h3-4,7-8,10,17-18H,1-2,5-6H2. The first-order valence-corrected chi connectivity index (χ1v) is 7.06. The van der Waals surface area contributed by atoms with Crippen molar-refractivity contribution in [1.29, 1.82) is 0 Å². The van der Waals surface area contributed by atoms with Crippen LogP contribution in [-0.4, -0.2) is 29.1 Å². The Morgan fingerprint density at radius 1 is 1.36 bits per heavy atom. The Morgan fingerprint density at radius 3 is 2.91 bits per heavy atom. The Kier molecular flexibility index (Phi) is 4.13. The summed E-state index contributed by atoms with van der Waals surface area (Å²) >= 11 is 0. The zero-order valence-corrected chi connectivity index (χ0v) is 11.8. The van der Waals surface area contributed by atoms with E-state index in [0.29, 0.717) is 17.0 Å².